The Morgan fingerprint density at radius 3 is 2.61 bits per heavy atom. The summed E-state index contributed by atoms with van der Waals surface area (Å²) in [7, 11) is 1.57. The van der Waals surface area contributed by atoms with Gasteiger partial charge in [-0.25, -0.2) is 0 Å². The minimum absolute atomic E-state index is 0.109. The molecule has 1 aromatic rings. The Kier molecular flexibility index (Phi) is 5.16. The zero-order valence-corrected chi connectivity index (χ0v) is 11.4. The van der Waals surface area contributed by atoms with Gasteiger partial charge in [-0.15, -0.1) is 0 Å². The zero-order chi connectivity index (χ0) is 13.7. The molecule has 98 valence electrons. The van der Waals surface area contributed by atoms with Crippen LogP contribution in [0, 0.1) is 6.92 Å². The number of rotatable bonds is 5. The van der Waals surface area contributed by atoms with Gasteiger partial charge in [0.05, 0.1) is 13.5 Å². The molecule has 0 spiro atoms. The average Bonchev–Trinajstić information content (AvgIpc) is 2.24. The van der Waals surface area contributed by atoms with Crippen molar-refractivity contribution in [2.24, 2.45) is 0 Å². The van der Waals surface area contributed by atoms with Gasteiger partial charge >= 0.3 is 0 Å². The molecule has 0 unspecified atom stereocenters. The number of hydrogen-bond donors (Lipinski definition) is 1. The van der Waals surface area contributed by atoms with Gasteiger partial charge in [-0.2, -0.15) is 0 Å². The first-order valence-electron chi connectivity index (χ1n) is 5.53. The van der Waals surface area contributed by atoms with E-state index in [4.69, 9.17) is 16.3 Å². The van der Waals surface area contributed by atoms with Crippen molar-refractivity contribution in [2.45, 2.75) is 26.8 Å². The lowest BCUT2D eigenvalue weighted by Gasteiger charge is -2.12. The third-order valence-electron chi connectivity index (χ3n) is 2.41. The number of aryl methyl sites for hydroxylation is 1. The first-order valence-corrected chi connectivity index (χ1v) is 5.91. The van der Waals surface area contributed by atoms with Crippen LogP contribution in [-0.4, -0.2) is 18.8 Å². The number of amides is 1. The molecule has 0 heterocycles. The number of ketones is 1. The second-order valence-corrected chi connectivity index (χ2v) is 4.51. The third-order valence-corrected chi connectivity index (χ3v) is 2.62. The Morgan fingerprint density at radius 1 is 1.39 bits per heavy atom. The molecular weight excluding hydrogens is 254 g/mol. The van der Waals surface area contributed by atoms with Crippen molar-refractivity contribution in [1.29, 1.82) is 0 Å². The van der Waals surface area contributed by atoms with E-state index in [1.807, 2.05) is 6.92 Å². The van der Waals surface area contributed by atoms with Gasteiger partial charge in [0.25, 0.3) is 0 Å². The fourth-order valence-electron chi connectivity index (χ4n) is 1.71. The van der Waals surface area contributed by atoms with Gasteiger partial charge in [0.15, 0.2) is 0 Å². The van der Waals surface area contributed by atoms with Gasteiger partial charge < -0.3 is 10.1 Å². The highest BCUT2D eigenvalue weighted by atomic mass is 35.5. The van der Waals surface area contributed by atoms with Crippen LogP contribution < -0.4 is 10.1 Å². The van der Waals surface area contributed by atoms with Gasteiger partial charge in [-0.05, 0) is 31.5 Å². The molecule has 0 fully saturated rings. The molecule has 5 heteroatoms. The van der Waals surface area contributed by atoms with Crippen molar-refractivity contribution < 1.29 is 14.3 Å². The van der Waals surface area contributed by atoms with Crippen LogP contribution in [0.5, 0.6) is 5.75 Å². The zero-order valence-electron chi connectivity index (χ0n) is 10.7. The van der Waals surface area contributed by atoms with Crippen LogP contribution in [-0.2, 0) is 16.1 Å². The monoisotopic (exact) mass is 269 g/mol. The molecule has 1 rings (SSSR count). The Labute approximate surface area is 111 Å². The summed E-state index contributed by atoms with van der Waals surface area (Å²) in [5.41, 5.74) is 1.69. The Bertz CT molecular complexity index is 472. The highest BCUT2D eigenvalue weighted by Gasteiger charge is 2.10. The standard InChI is InChI=1S/C13H16ClNO3/c1-8-4-11(14)6-10(13(8)18-3)7-15-12(17)5-9(2)16/h4,6H,5,7H2,1-3H3,(H,15,17). The molecule has 0 aromatic heterocycles. The van der Waals surface area contributed by atoms with E-state index in [-0.39, 0.29) is 24.7 Å². The molecule has 18 heavy (non-hydrogen) atoms. The van der Waals surface area contributed by atoms with Crippen molar-refractivity contribution in [3.05, 3.63) is 28.3 Å². The maximum atomic E-state index is 11.4. The smallest absolute Gasteiger partial charge is 0.227 e. The minimum Gasteiger partial charge on any atom is -0.496 e. The van der Waals surface area contributed by atoms with Crippen molar-refractivity contribution in [2.75, 3.05) is 7.11 Å². The SMILES string of the molecule is COc1c(C)cc(Cl)cc1CNC(=O)CC(C)=O. The molecule has 0 aliphatic rings. The fourth-order valence-corrected chi connectivity index (χ4v) is 2.00. The van der Waals surface area contributed by atoms with E-state index in [2.05, 4.69) is 5.32 Å². The van der Waals surface area contributed by atoms with Crippen molar-refractivity contribution >= 4 is 23.3 Å². The second-order valence-electron chi connectivity index (χ2n) is 4.07. The lowest BCUT2D eigenvalue weighted by molar-refractivity contribution is -0.127. The van der Waals surface area contributed by atoms with Crippen LogP contribution in [0.1, 0.15) is 24.5 Å². The lowest BCUT2D eigenvalue weighted by atomic mass is 10.1. The van der Waals surface area contributed by atoms with Crippen molar-refractivity contribution in [3.63, 3.8) is 0 Å². The first kappa shape index (κ1) is 14.5. The van der Waals surface area contributed by atoms with Gasteiger partial charge in [0, 0.05) is 17.1 Å². The Morgan fingerprint density at radius 2 is 2.06 bits per heavy atom. The highest BCUT2D eigenvalue weighted by Crippen LogP contribution is 2.27. The molecule has 1 aromatic carbocycles. The van der Waals surface area contributed by atoms with Gasteiger partial charge in [-0.3, -0.25) is 9.59 Å². The molecule has 4 nitrogen and oxygen atoms in total. The maximum Gasteiger partial charge on any atom is 0.227 e. The van der Waals surface area contributed by atoms with Crippen molar-refractivity contribution in [1.82, 2.24) is 5.32 Å². The third kappa shape index (κ3) is 4.04. The molecule has 0 radical (unpaired) electrons. The van der Waals surface area contributed by atoms with E-state index in [1.165, 1.54) is 6.92 Å². The van der Waals surface area contributed by atoms with Gasteiger partial charge in [0.2, 0.25) is 5.91 Å². The first-order chi connectivity index (χ1) is 8.43. The van der Waals surface area contributed by atoms with E-state index in [0.29, 0.717) is 10.8 Å². The molecule has 1 N–H and O–H groups in total. The quantitative estimate of drug-likeness (QED) is 0.834. The summed E-state index contributed by atoms with van der Waals surface area (Å²) in [6, 6.07) is 3.53. The topological polar surface area (TPSA) is 55.4 Å². The minimum atomic E-state index is -0.304. The summed E-state index contributed by atoms with van der Waals surface area (Å²) in [5, 5.41) is 3.25. The highest BCUT2D eigenvalue weighted by molar-refractivity contribution is 6.30. The predicted octanol–water partition coefficient (Wildman–Crippen LogP) is 2.25. The fraction of sp³-hybridized carbons (Fsp3) is 0.385. The Hall–Kier alpha value is -1.55. The van der Waals surface area contributed by atoms with E-state index in [0.717, 1.165) is 11.1 Å². The normalized spacial score (nSPS) is 10.0. The molecule has 0 aliphatic heterocycles. The van der Waals surface area contributed by atoms with E-state index < -0.39 is 0 Å². The van der Waals surface area contributed by atoms with Crippen LogP contribution >= 0.6 is 11.6 Å². The van der Waals surface area contributed by atoms with Crippen LogP contribution in [0.3, 0.4) is 0 Å². The number of Topliss-reactive ketones (excluding diaryl/α,β-unsaturated/α-hetero) is 1. The average molecular weight is 270 g/mol. The molecule has 0 aliphatic carbocycles. The van der Waals surface area contributed by atoms with E-state index >= 15 is 0 Å². The summed E-state index contributed by atoms with van der Waals surface area (Å²) in [4.78, 5) is 22.2. The predicted molar refractivity (Wildman–Crippen MR) is 69.9 cm³/mol. The maximum absolute atomic E-state index is 11.4. The van der Waals surface area contributed by atoms with Gasteiger partial charge in [-0.1, -0.05) is 11.6 Å². The molecule has 0 atom stereocenters. The summed E-state index contributed by atoms with van der Waals surface area (Å²) in [6.45, 7) is 3.55. The van der Waals surface area contributed by atoms with E-state index in [1.54, 1.807) is 19.2 Å². The lowest BCUT2D eigenvalue weighted by Crippen LogP contribution is -2.24. The number of nitrogens with one attached hydrogen (secondary N) is 1. The summed E-state index contributed by atoms with van der Waals surface area (Å²) in [5.74, 6) is 0.228. The largest absolute Gasteiger partial charge is 0.496 e. The molecule has 1 amide bonds. The molecule has 0 saturated carbocycles. The second kappa shape index (κ2) is 6.40. The van der Waals surface area contributed by atoms with Crippen LogP contribution in [0.25, 0.3) is 0 Å². The number of hydrogen-bond acceptors (Lipinski definition) is 3. The van der Waals surface area contributed by atoms with Gasteiger partial charge in [0.1, 0.15) is 11.5 Å². The molecular formula is C13H16ClNO3. The molecule has 0 bridgehead atoms. The van der Waals surface area contributed by atoms with Crippen molar-refractivity contribution in [3.8, 4) is 5.75 Å². The molecule has 0 saturated heterocycles. The van der Waals surface area contributed by atoms with Crippen LogP contribution in [0.2, 0.25) is 5.02 Å². The van der Waals surface area contributed by atoms with E-state index in [9.17, 15) is 9.59 Å². The number of ether oxygens (including phenoxy) is 1. The Balaban J connectivity index is 2.78. The number of halogens is 1. The number of methoxy groups -OCH3 is 1. The number of carbonyl (C=O) groups excluding carboxylic acids is 2. The number of carbonyl (C=O) groups is 2. The summed E-state index contributed by atoms with van der Waals surface area (Å²) in [6.07, 6.45) is -0.109. The van der Waals surface area contributed by atoms with Crippen LogP contribution in [0.15, 0.2) is 12.1 Å². The summed E-state index contributed by atoms with van der Waals surface area (Å²) >= 11 is 5.96. The number of benzene rings is 1. The van der Waals surface area contributed by atoms with Crippen LogP contribution in [0.4, 0.5) is 0 Å². The summed E-state index contributed by atoms with van der Waals surface area (Å²) < 4.78 is 5.27.